The molecule has 160 valence electrons. The lowest BCUT2D eigenvalue weighted by Gasteiger charge is -2.22. The van der Waals surface area contributed by atoms with Crippen LogP contribution in [-0.2, 0) is 15.1 Å². The van der Waals surface area contributed by atoms with Crippen LogP contribution in [0.15, 0.2) is 48.5 Å². The molecule has 4 amide bonds. The van der Waals surface area contributed by atoms with Crippen LogP contribution >= 0.6 is 0 Å². The average molecular weight is 432 g/mol. The Morgan fingerprint density at radius 1 is 1.16 bits per heavy atom. The van der Waals surface area contributed by atoms with Crippen molar-refractivity contribution in [2.45, 2.75) is 18.8 Å². The number of ether oxygens (including phenoxy) is 1. The summed E-state index contributed by atoms with van der Waals surface area (Å²) in [7, 11) is 0. The van der Waals surface area contributed by atoms with Crippen LogP contribution < -0.4 is 15.4 Å². The Bertz CT molecular complexity index is 1060. The summed E-state index contributed by atoms with van der Waals surface area (Å²) in [5, 5.41) is 13.8. The highest BCUT2D eigenvalue weighted by Gasteiger charge is 2.49. The number of imide groups is 1. The van der Waals surface area contributed by atoms with Gasteiger partial charge >= 0.3 is 12.4 Å². The molecule has 2 N–H and O–H groups in total. The Hall–Kier alpha value is -4.07. The monoisotopic (exact) mass is 432 g/mol. The average Bonchev–Trinajstić information content (AvgIpc) is 2.92. The third kappa shape index (κ3) is 4.75. The summed E-state index contributed by atoms with van der Waals surface area (Å²) in [6.07, 6.45) is -4.84. The lowest BCUT2D eigenvalue weighted by molar-refractivity contribution is -0.274. The largest absolute Gasteiger partial charge is 0.573 e. The minimum Gasteiger partial charge on any atom is -0.406 e. The molecular formula is C20H15F3N4O4. The Labute approximate surface area is 174 Å². The SMILES string of the molecule is CC1(c2ccc(C#N)cc2)NC(=O)N(CC(=O)Nc2ccc(OC(F)(F)F)cc2)C1=O. The van der Waals surface area contributed by atoms with E-state index < -0.39 is 42.0 Å². The van der Waals surface area contributed by atoms with E-state index in [2.05, 4.69) is 15.4 Å². The first-order chi connectivity index (χ1) is 14.5. The fraction of sp³-hybridized carbons (Fsp3) is 0.200. The molecule has 2 aromatic rings. The van der Waals surface area contributed by atoms with Gasteiger partial charge in [0, 0.05) is 5.69 Å². The second-order valence-electron chi connectivity index (χ2n) is 6.76. The van der Waals surface area contributed by atoms with Gasteiger partial charge < -0.3 is 15.4 Å². The number of halogens is 3. The number of carbonyl (C=O) groups is 3. The van der Waals surface area contributed by atoms with Gasteiger partial charge in [-0.1, -0.05) is 12.1 Å². The second-order valence-corrected chi connectivity index (χ2v) is 6.76. The normalized spacial score (nSPS) is 18.4. The number of hydrogen-bond acceptors (Lipinski definition) is 5. The van der Waals surface area contributed by atoms with Gasteiger partial charge in [-0.25, -0.2) is 4.79 Å². The number of amides is 4. The smallest absolute Gasteiger partial charge is 0.406 e. The number of hydrogen-bond donors (Lipinski definition) is 2. The number of nitriles is 1. The molecule has 0 bridgehead atoms. The fourth-order valence-corrected chi connectivity index (χ4v) is 3.00. The summed E-state index contributed by atoms with van der Waals surface area (Å²) in [4.78, 5) is 38.1. The standard InChI is InChI=1S/C20H15F3N4O4/c1-19(13-4-2-12(10-24)3-5-13)17(29)27(18(30)26-19)11-16(28)25-14-6-8-15(9-7-14)31-20(21,22)23/h2-9H,11H2,1H3,(H,25,28)(H,26,30). The maximum Gasteiger partial charge on any atom is 0.573 e. The molecule has 1 aliphatic rings. The zero-order valence-corrected chi connectivity index (χ0v) is 16.0. The molecule has 0 radical (unpaired) electrons. The molecule has 0 aliphatic carbocycles. The first-order valence-electron chi connectivity index (χ1n) is 8.82. The number of benzene rings is 2. The summed E-state index contributed by atoms with van der Waals surface area (Å²) in [5.74, 6) is -1.85. The minimum absolute atomic E-state index is 0.154. The number of alkyl halides is 3. The quantitative estimate of drug-likeness (QED) is 0.706. The van der Waals surface area contributed by atoms with E-state index in [9.17, 15) is 27.6 Å². The van der Waals surface area contributed by atoms with Gasteiger partial charge in [-0.3, -0.25) is 14.5 Å². The van der Waals surface area contributed by atoms with E-state index in [1.165, 1.54) is 43.3 Å². The third-order valence-corrected chi connectivity index (χ3v) is 4.54. The molecule has 0 saturated carbocycles. The molecule has 11 heteroatoms. The second kappa shape index (κ2) is 7.98. The van der Waals surface area contributed by atoms with E-state index in [4.69, 9.17) is 5.26 Å². The molecule has 3 rings (SSSR count). The van der Waals surface area contributed by atoms with E-state index >= 15 is 0 Å². The number of nitrogens with one attached hydrogen (secondary N) is 2. The molecule has 0 aromatic heterocycles. The van der Waals surface area contributed by atoms with Gasteiger partial charge in [0.05, 0.1) is 11.6 Å². The van der Waals surface area contributed by atoms with Crippen LogP contribution in [0.5, 0.6) is 5.75 Å². The lowest BCUT2D eigenvalue weighted by Crippen LogP contribution is -2.42. The zero-order valence-electron chi connectivity index (χ0n) is 16.0. The fourth-order valence-electron chi connectivity index (χ4n) is 3.00. The van der Waals surface area contributed by atoms with Gasteiger partial charge in [-0.15, -0.1) is 13.2 Å². The number of urea groups is 1. The summed E-state index contributed by atoms with van der Waals surface area (Å²) >= 11 is 0. The first kappa shape index (κ1) is 21.6. The van der Waals surface area contributed by atoms with Crippen LogP contribution in [0.4, 0.5) is 23.7 Å². The molecular weight excluding hydrogens is 417 g/mol. The molecule has 1 aliphatic heterocycles. The highest BCUT2D eigenvalue weighted by atomic mass is 19.4. The number of carbonyl (C=O) groups excluding carboxylic acids is 3. The molecule has 1 saturated heterocycles. The van der Waals surface area contributed by atoms with Gasteiger partial charge in [0.15, 0.2) is 0 Å². The van der Waals surface area contributed by atoms with Gasteiger partial charge in [0.25, 0.3) is 5.91 Å². The maximum atomic E-state index is 12.8. The number of anilines is 1. The molecule has 8 nitrogen and oxygen atoms in total. The highest BCUT2D eigenvalue weighted by Crippen LogP contribution is 2.29. The molecule has 1 fully saturated rings. The predicted octanol–water partition coefficient (Wildman–Crippen LogP) is 2.86. The Balaban J connectivity index is 1.66. The summed E-state index contributed by atoms with van der Waals surface area (Å²) in [6, 6.07) is 11.6. The molecule has 1 atom stereocenters. The van der Waals surface area contributed by atoms with Crippen molar-refractivity contribution < 1.29 is 32.3 Å². The Kier molecular flexibility index (Phi) is 5.57. The lowest BCUT2D eigenvalue weighted by atomic mass is 9.91. The highest BCUT2D eigenvalue weighted by molar-refractivity contribution is 6.10. The van der Waals surface area contributed by atoms with Crippen LogP contribution in [0.1, 0.15) is 18.1 Å². The first-order valence-corrected chi connectivity index (χ1v) is 8.82. The van der Waals surface area contributed by atoms with Crippen LogP contribution in [0.25, 0.3) is 0 Å². The topological polar surface area (TPSA) is 112 Å². The van der Waals surface area contributed by atoms with Crippen molar-refractivity contribution in [2.24, 2.45) is 0 Å². The summed E-state index contributed by atoms with van der Waals surface area (Å²) < 4.78 is 40.3. The number of nitrogens with zero attached hydrogens (tertiary/aromatic N) is 2. The molecule has 1 heterocycles. The van der Waals surface area contributed by atoms with Crippen molar-refractivity contribution >= 4 is 23.5 Å². The van der Waals surface area contributed by atoms with Crippen molar-refractivity contribution in [2.75, 3.05) is 11.9 Å². The van der Waals surface area contributed by atoms with Crippen molar-refractivity contribution in [3.8, 4) is 11.8 Å². The van der Waals surface area contributed by atoms with E-state index in [-0.39, 0.29) is 5.69 Å². The van der Waals surface area contributed by atoms with Crippen molar-refractivity contribution in [3.63, 3.8) is 0 Å². The van der Waals surface area contributed by atoms with Crippen LogP contribution in [0, 0.1) is 11.3 Å². The third-order valence-electron chi connectivity index (χ3n) is 4.54. The van der Waals surface area contributed by atoms with Gasteiger partial charge in [0.2, 0.25) is 5.91 Å². The van der Waals surface area contributed by atoms with Crippen LogP contribution in [0.3, 0.4) is 0 Å². The van der Waals surface area contributed by atoms with Gasteiger partial charge in [-0.05, 0) is 48.9 Å². The Morgan fingerprint density at radius 3 is 2.32 bits per heavy atom. The van der Waals surface area contributed by atoms with Crippen LogP contribution in [-0.4, -0.2) is 35.7 Å². The molecule has 0 spiro atoms. The van der Waals surface area contributed by atoms with Gasteiger partial charge in [-0.2, -0.15) is 5.26 Å². The zero-order chi connectivity index (χ0) is 22.8. The van der Waals surface area contributed by atoms with E-state index in [1.54, 1.807) is 0 Å². The minimum atomic E-state index is -4.84. The van der Waals surface area contributed by atoms with Crippen molar-refractivity contribution in [1.82, 2.24) is 10.2 Å². The van der Waals surface area contributed by atoms with Crippen molar-refractivity contribution in [1.29, 1.82) is 5.26 Å². The van der Waals surface area contributed by atoms with Crippen molar-refractivity contribution in [3.05, 3.63) is 59.7 Å². The van der Waals surface area contributed by atoms with E-state index in [0.29, 0.717) is 11.1 Å². The molecule has 2 aromatic carbocycles. The summed E-state index contributed by atoms with van der Waals surface area (Å²) in [5.41, 5.74) is -0.441. The summed E-state index contributed by atoms with van der Waals surface area (Å²) in [6.45, 7) is 0.878. The van der Waals surface area contributed by atoms with Crippen LogP contribution in [0.2, 0.25) is 0 Å². The predicted molar refractivity (Wildman–Crippen MR) is 101 cm³/mol. The Morgan fingerprint density at radius 2 is 1.77 bits per heavy atom. The molecule has 1 unspecified atom stereocenters. The van der Waals surface area contributed by atoms with E-state index in [0.717, 1.165) is 17.0 Å². The van der Waals surface area contributed by atoms with Gasteiger partial charge in [0.1, 0.15) is 17.8 Å². The number of rotatable bonds is 5. The maximum absolute atomic E-state index is 12.8. The molecule has 31 heavy (non-hydrogen) atoms. The van der Waals surface area contributed by atoms with E-state index in [1.807, 2.05) is 6.07 Å².